The highest BCUT2D eigenvalue weighted by molar-refractivity contribution is 5.98. The summed E-state index contributed by atoms with van der Waals surface area (Å²) in [5.41, 5.74) is 6.40. The van der Waals surface area contributed by atoms with Crippen molar-refractivity contribution in [2.24, 2.45) is 5.73 Å². The van der Waals surface area contributed by atoms with Crippen LogP contribution >= 0.6 is 0 Å². The molecule has 0 heterocycles. The lowest BCUT2D eigenvalue weighted by molar-refractivity contribution is 0.100. The predicted molar refractivity (Wildman–Crippen MR) is 69.1 cm³/mol. The van der Waals surface area contributed by atoms with Gasteiger partial charge in [-0.3, -0.25) is 4.79 Å². The van der Waals surface area contributed by atoms with Gasteiger partial charge in [-0.1, -0.05) is 0 Å². The second kappa shape index (κ2) is 6.96. The third-order valence-electron chi connectivity index (χ3n) is 2.71. The van der Waals surface area contributed by atoms with Crippen LogP contribution in [0.4, 0.5) is 10.1 Å². The van der Waals surface area contributed by atoms with E-state index >= 15 is 0 Å². The summed E-state index contributed by atoms with van der Waals surface area (Å²) in [5.74, 6) is -1.08. The molecule has 0 aromatic heterocycles. The summed E-state index contributed by atoms with van der Waals surface area (Å²) in [4.78, 5) is 11.2. The predicted octanol–water partition coefficient (Wildman–Crippen LogP) is 1.81. The maximum Gasteiger partial charge on any atom is 0.250 e. The average Bonchev–Trinajstić information content (AvgIpc) is 2.32. The van der Waals surface area contributed by atoms with E-state index in [1.54, 1.807) is 13.0 Å². The number of unbranched alkanes of at least 4 members (excludes halogenated alkanes) is 2. The van der Waals surface area contributed by atoms with E-state index in [0.29, 0.717) is 17.8 Å². The summed E-state index contributed by atoms with van der Waals surface area (Å²) in [6, 6.07) is 2.75. The van der Waals surface area contributed by atoms with Crippen molar-refractivity contribution in [1.29, 1.82) is 0 Å². The number of rotatable bonds is 7. The van der Waals surface area contributed by atoms with Crippen molar-refractivity contribution < 1.29 is 14.3 Å². The number of carbonyl (C=O) groups is 1. The molecule has 4 N–H and O–H groups in total. The second-order valence-electron chi connectivity index (χ2n) is 4.22. The molecule has 0 radical (unpaired) electrons. The molecule has 0 atom stereocenters. The first kappa shape index (κ1) is 14.4. The molecule has 0 aliphatic carbocycles. The number of aliphatic hydroxyl groups is 1. The molecule has 1 amide bonds. The fraction of sp³-hybridized carbons (Fsp3) is 0.462. The quantitative estimate of drug-likeness (QED) is 0.649. The SMILES string of the molecule is Cc1cc(NCCCCCO)c(C(N)=O)cc1F. The smallest absolute Gasteiger partial charge is 0.250 e. The number of amides is 1. The van der Waals surface area contributed by atoms with Crippen LogP contribution in [0.15, 0.2) is 12.1 Å². The Morgan fingerprint density at radius 2 is 2.11 bits per heavy atom. The highest BCUT2D eigenvalue weighted by Gasteiger charge is 2.11. The minimum absolute atomic E-state index is 0.167. The van der Waals surface area contributed by atoms with Gasteiger partial charge in [0, 0.05) is 18.8 Å². The standard InChI is InChI=1S/C13H19FN2O2/c1-9-7-12(16-5-3-2-4-6-17)10(13(15)18)8-11(9)14/h7-8,16-17H,2-6H2,1H3,(H2,15,18). The number of nitrogens with two attached hydrogens (primary N) is 1. The number of nitrogens with one attached hydrogen (secondary N) is 1. The summed E-state index contributed by atoms with van der Waals surface area (Å²) in [6.45, 7) is 2.48. The Morgan fingerprint density at radius 3 is 2.72 bits per heavy atom. The molecule has 0 saturated carbocycles. The molecule has 0 spiro atoms. The van der Waals surface area contributed by atoms with Gasteiger partial charge in [-0.05, 0) is 43.9 Å². The van der Waals surface area contributed by atoms with Crippen molar-refractivity contribution in [3.63, 3.8) is 0 Å². The summed E-state index contributed by atoms with van der Waals surface area (Å²) in [6.07, 6.45) is 2.53. The molecule has 0 fully saturated rings. The maximum absolute atomic E-state index is 13.3. The van der Waals surface area contributed by atoms with Gasteiger partial charge >= 0.3 is 0 Å². The van der Waals surface area contributed by atoms with E-state index in [-0.39, 0.29) is 12.2 Å². The molecule has 0 aliphatic rings. The third kappa shape index (κ3) is 4.00. The first-order valence-electron chi connectivity index (χ1n) is 6.01. The molecule has 0 aliphatic heterocycles. The molecule has 1 aromatic carbocycles. The van der Waals surface area contributed by atoms with Crippen molar-refractivity contribution in [2.45, 2.75) is 26.2 Å². The molecule has 18 heavy (non-hydrogen) atoms. The molecule has 5 heteroatoms. The van der Waals surface area contributed by atoms with Gasteiger partial charge in [0.1, 0.15) is 5.82 Å². The number of aliphatic hydroxyl groups excluding tert-OH is 1. The van der Waals surface area contributed by atoms with Gasteiger partial charge in [0.25, 0.3) is 5.91 Å². The highest BCUT2D eigenvalue weighted by Crippen LogP contribution is 2.20. The molecule has 0 unspecified atom stereocenters. The molecule has 1 rings (SSSR count). The Labute approximate surface area is 106 Å². The van der Waals surface area contributed by atoms with Crippen LogP contribution in [0, 0.1) is 12.7 Å². The Balaban J connectivity index is 2.68. The van der Waals surface area contributed by atoms with E-state index in [9.17, 15) is 9.18 Å². The van der Waals surface area contributed by atoms with Crippen LogP contribution in [0.1, 0.15) is 35.2 Å². The van der Waals surface area contributed by atoms with Crippen molar-refractivity contribution in [3.05, 3.63) is 29.1 Å². The number of aryl methyl sites for hydroxylation is 1. The lowest BCUT2D eigenvalue weighted by atomic mass is 10.1. The normalized spacial score (nSPS) is 10.4. The van der Waals surface area contributed by atoms with E-state index < -0.39 is 11.7 Å². The van der Waals surface area contributed by atoms with E-state index in [1.165, 1.54) is 0 Å². The van der Waals surface area contributed by atoms with Gasteiger partial charge in [-0.2, -0.15) is 0 Å². The molecule has 0 saturated heterocycles. The van der Waals surface area contributed by atoms with Crippen LogP contribution in [-0.2, 0) is 0 Å². The number of benzene rings is 1. The zero-order valence-corrected chi connectivity index (χ0v) is 10.5. The Bertz CT molecular complexity index is 422. The molecule has 100 valence electrons. The Hall–Kier alpha value is -1.62. The summed E-state index contributed by atoms with van der Waals surface area (Å²) in [7, 11) is 0. The summed E-state index contributed by atoms with van der Waals surface area (Å²) >= 11 is 0. The van der Waals surface area contributed by atoms with Crippen LogP contribution in [0.2, 0.25) is 0 Å². The van der Waals surface area contributed by atoms with Gasteiger partial charge < -0.3 is 16.2 Å². The first-order valence-corrected chi connectivity index (χ1v) is 6.01. The van der Waals surface area contributed by atoms with E-state index in [1.807, 2.05) is 0 Å². The third-order valence-corrected chi connectivity index (χ3v) is 2.71. The van der Waals surface area contributed by atoms with E-state index in [4.69, 9.17) is 10.8 Å². The van der Waals surface area contributed by atoms with Crippen LogP contribution < -0.4 is 11.1 Å². The van der Waals surface area contributed by atoms with E-state index in [0.717, 1.165) is 25.3 Å². The van der Waals surface area contributed by atoms with Crippen LogP contribution in [-0.4, -0.2) is 24.2 Å². The average molecular weight is 254 g/mol. The summed E-state index contributed by atoms with van der Waals surface area (Å²) < 4.78 is 13.3. The number of hydrogen-bond acceptors (Lipinski definition) is 3. The van der Waals surface area contributed by atoms with Crippen LogP contribution in [0.5, 0.6) is 0 Å². The van der Waals surface area contributed by atoms with E-state index in [2.05, 4.69) is 5.32 Å². The minimum atomic E-state index is -0.647. The minimum Gasteiger partial charge on any atom is -0.396 e. The lowest BCUT2D eigenvalue weighted by Crippen LogP contribution is -2.15. The number of anilines is 1. The molecule has 1 aromatic rings. The fourth-order valence-corrected chi connectivity index (χ4v) is 1.67. The molecule has 0 bridgehead atoms. The maximum atomic E-state index is 13.3. The van der Waals surface area contributed by atoms with Gasteiger partial charge in [0.05, 0.1) is 5.56 Å². The van der Waals surface area contributed by atoms with Crippen molar-refractivity contribution in [3.8, 4) is 0 Å². The Morgan fingerprint density at radius 1 is 1.39 bits per heavy atom. The zero-order chi connectivity index (χ0) is 13.5. The van der Waals surface area contributed by atoms with Gasteiger partial charge in [-0.25, -0.2) is 4.39 Å². The fourth-order valence-electron chi connectivity index (χ4n) is 1.67. The number of hydrogen-bond donors (Lipinski definition) is 3. The largest absolute Gasteiger partial charge is 0.396 e. The van der Waals surface area contributed by atoms with Crippen molar-refractivity contribution >= 4 is 11.6 Å². The van der Waals surface area contributed by atoms with Gasteiger partial charge in [0.2, 0.25) is 0 Å². The van der Waals surface area contributed by atoms with Gasteiger partial charge in [0.15, 0.2) is 0 Å². The summed E-state index contributed by atoms with van der Waals surface area (Å²) in [5, 5.41) is 11.7. The molecular formula is C13H19FN2O2. The van der Waals surface area contributed by atoms with Crippen molar-refractivity contribution in [1.82, 2.24) is 0 Å². The molecular weight excluding hydrogens is 235 g/mol. The van der Waals surface area contributed by atoms with Crippen molar-refractivity contribution in [2.75, 3.05) is 18.5 Å². The topological polar surface area (TPSA) is 75.3 Å². The van der Waals surface area contributed by atoms with Gasteiger partial charge in [-0.15, -0.1) is 0 Å². The number of halogens is 1. The van der Waals surface area contributed by atoms with Crippen LogP contribution in [0.3, 0.4) is 0 Å². The zero-order valence-electron chi connectivity index (χ0n) is 10.5. The monoisotopic (exact) mass is 254 g/mol. The highest BCUT2D eigenvalue weighted by atomic mass is 19.1. The molecule has 4 nitrogen and oxygen atoms in total. The lowest BCUT2D eigenvalue weighted by Gasteiger charge is -2.11. The van der Waals surface area contributed by atoms with Crippen LogP contribution in [0.25, 0.3) is 0 Å². The second-order valence-corrected chi connectivity index (χ2v) is 4.22. The first-order chi connectivity index (χ1) is 8.56. The number of primary amides is 1. The Kier molecular flexibility index (Phi) is 5.58. The number of carbonyl (C=O) groups excluding carboxylic acids is 1.